The molecule has 27 heavy (non-hydrogen) atoms. The van der Waals surface area contributed by atoms with Crippen LogP contribution in [-0.2, 0) is 0 Å². The lowest BCUT2D eigenvalue weighted by Gasteiger charge is -2.29. The molecule has 0 nitrogen and oxygen atoms in total. The lowest BCUT2D eigenvalue weighted by Crippen LogP contribution is -2.21. The van der Waals surface area contributed by atoms with Crippen molar-refractivity contribution in [1.82, 2.24) is 0 Å². The van der Waals surface area contributed by atoms with Gasteiger partial charge in [-0.2, -0.15) is 0 Å². The molecule has 1 aromatic carbocycles. The van der Waals surface area contributed by atoms with E-state index in [1.165, 1.54) is 57.8 Å². The van der Waals surface area contributed by atoms with Crippen molar-refractivity contribution >= 4 is 20.4 Å². The van der Waals surface area contributed by atoms with E-state index in [2.05, 4.69) is 6.92 Å². The van der Waals surface area contributed by atoms with E-state index >= 15 is 0 Å². The van der Waals surface area contributed by atoms with Crippen molar-refractivity contribution in [2.75, 3.05) is 0 Å². The summed E-state index contributed by atoms with van der Waals surface area (Å²) in [5.41, 5.74) is 1.15. The van der Waals surface area contributed by atoms with E-state index in [0.717, 1.165) is 17.4 Å². The number of rotatable bonds is 8. The zero-order valence-corrected chi connectivity index (χ0v) is 19.1. The zero-order valence-electron chi connectivity index (χ0n) is 17.2. The Morgan fingerprint density at radius 2 is 1.59 bits per heavy atom. The van der Waals surface area contributed by atoms with Gasteiger partial charge in [0.05, 0.1) is 5.02 Å². The highest BCUT2D eigenvalue weighted by molar-refractivity contribution is 6.58. The molecule has 0 radical (unpaired) electrons. The minimum atomic E-state index is -0.298. The summed E-state index contributed by atoms with van der Waals surface area (Å²) in [6.45, 7) is 2.36. The minimum absolute atomic E-state index is 0.244. The van der Waals surface area contributed by atoms with Crippen molar-refractivity contribution in [2.24, 2.45) is 11.8 Å². The molecule has 0 atom stereocenters. The molecule has 2 aliphatic rings. The molecule has 3 heteroatoms. The van der Waals surface area contributed by atoms with Crippen molar-refractivity contribution in [2.45, 2.75) is 102 Å². The Bertz CT molecular complexity index is 559. The van der Waals surface area contributed by atoms with Crippen LogP contribution in [0.25, 0.3) is 0 Å². The number of hydrogen-bond acceptors (Lipinski definition) is 0. The third-order valence-electron chi connectivity index (χ3n) is 7.40. The Hall–Kier alpha value is -0.343. The molecule has 1 saturated carbocycles. The van der Waals surface area contributed by atoms with E-state index in [1.54, 1.807) is 43.1 Å². The highest BCUT2D eigenvalue weighted by Crippen LogP contribution is 2.39. The van der Waals surface area contributed by atoms with E-state index in [9.17, 15) is 4.39 Å². The Labute approximate surface area is 172 Å². The van der Waals surface area contributed by atoms with Gasteiger partial charge < -0.3 is 0 Å². The first kappa shape index (κ1) is 21.4. The maximum absolute atomic E-state index is 13.7. The van der Waals surface area contributed by atoms with Gasteiger partial charge in [-0.15, -0.1) is 0 Å². The average molecular weight is 409 g/mol. The molecule has 0 bridgehead atoms. The van der Waals surface area contributed by atoms with Crippen molar-refractivity contribution in [3.63, 3.8) is 0 Å². The molecule has 0 spiro atoms. The van der Waals surface area contributed by atoms with E-state index in [4.69, 9.17) is 11.6 Å². The second-order valence-electron chi connectivity index (χ2n) is 9.35. The fourth-order valence-electron chi connectivity index (χ4n) is 5.63. The molecule has 1 heterocycles. The van der Waals surface area contributed by atoms with Crippen LogP contribution < -0.4 is 0 Å². The molecule has 0 N–H and O–H groups in total. The molecule has 0 amide bonds. The molecular formula is C24H38ClFSi. The predicted molar refractivity (Wildman–Crippen MR) is 119 cm³/mol. The topological polar surface area (TPSA) is 0 Å². The first-order valence-electron chi connectivity index (χ1n) is 11.6. The second kappa shape index (κ2) is 11.0. The highest BCUT2D eigenvalue weighted by Gasteiger charge is 2.24. The Balaban J connectivity index is 1.28. The summed E-state index contributed by atoms with van der Waals surface area (Å²) in [4.78, 5) is 0. The van der Waals surface area contributed by atoms with Gasteiger partial charge in [0.2, 0.25) is 0 Å². The van der Waals surface area contributed by atoms with E-state index in [-0.39, 0.29) is 19.6 Å². The summed E-state index contributed by atoms with van der Waals surface area (Å²) < 4.78 is 13.7. The standard InChI is InChI=1S/C24H38ClFSi/c1-2-15-27-16-13-20(14-17-27)6-4-3-5-19-7-9-21(10-8-19)22-11-12-23(25)24(26)18-22/h11-12,18-21,27H,2-10,13-17H2,1H3. The fraction of sp³-hybridized carbons (Fsp3) is 0.750. The highest BCUT2D eigenvalue weighted by atomic mass is 35.5. The maximum atomic E-state index is 13.7. The van der Waals surface area contributed by atoms with Gasteiger partial charge in [-0.1, -0.05) is 87.7 Å². The minimum Gasteiger partial charge on any atom is -0.205 e. The van der Waals surface area contributed by atoms with Gasteiger partial charge in [0, 0.05) is 8.80 Å². The first-order valence-corrected chi connectivity index (χ1v) is 14.4. The molecule has 2 fully saturated rings. The summed E-state index contributed by atoms with van der Waals surface area (Å²) in [5.74, 6) is 2.24. The van der Waals surface area contributed by atoms with Crippen LogP contribution in [0.4, 0.5) is 4.39 Å². The molecule has 1 aromatic rings. The summed E-state index contributed by atoms with van der Waals surface area (Å²) >= 11 is 5.82. The van der Waals surface area contributed by atoms with E-state index in [1.807, 2.05) is 6.07 Å². The molecule has 1 saturated heterocycles. The van der Waals surface area contributed by atoms with Crippen LogP contribution >= 0.6 is 11.6 Å². The van der Waals surface area contributed by atoms with Crippen molar-refractivity contribution < 1.29 is 4.39 Å². The fourth-order valence-corrected chi connectivity index (χ4v) is 9.32. The summed E-state index contributed by atoms with van der Waals surface area (Å²) in [6.07, 6.45) is 15.4. The third-order valence-corrected chi connectivity index (χ3v) is 11.4. The Kier molecular flexibility index (Phi) is 8.71. The number of benzene rings is 1. The average Bonchev–Trinajstić information content (AvgIpc) is 2.69. The second-order valence-corrected chi connectivity index (χ2v) is 13.2. The Morgan fingerprint density at radius 3 is 2.19 bits per heavy atom. The number of hydrogen-bond donors (Lipinski definition) is 0. The number of halogens is 2. The lowest BCUT2D eigenvalue weighted by molar-refractivity contribution is 0.297. The van der Waals surface area contributed by atoms with Crippen LogP contribution in [0.2, 0.25) is 23.2 Å². The van der Waals surface area contributed by atoms with Crippen molar-refractivity contribution in [3.05, 3.63) is 34.6 Å². The predicted octanol–water partition coefficient (Wildman–Crippen LogP) is 8.36. The quantitative estimate of drug-likeness (QED) is 0.299. The largest absolute Gasteiger partial charge is 0.205 e. The van der Waals surface area contributed by atoms with Crippen LogP contribution in [0.5, 0.6) is 0 Å². The number of unbranched alkanes of at least 4 members (excludes halogenated alkanes) is 1. The van der Waals surface area contributed by atoms with Crippen LogP contribution in [0.3, 0.4) is 0 Å². The van der Waals surface area contributed by atoms with E-state index < -0.39 is 0 Å². The summed E-state index contributed by atoms with van der Waals surface area (Å²) in [5, 5.41) is 0.244. The molecule has 0 aromatic heterocycles. The van der Waals surface area contributed by atoms with Gasteiger partial charge in [0.1, 0.15) is 5.82 Å². The van der Waals surface area contributed by atoms with Gasteiger partial charge in [-0.05, 0) is 61.1 Å². The SMILES string of the molecule is CCC[SiH]1CCC(CCCCC2CCC(c3ccc(Cl)c(F)c3)CC2)CC1. The first-order chi connectivity index (χ1) is 13.2. The molecular weight excluding hydrogens is 371 g/mol. The third kappa shape index (κ3) is 6.60. The van der Waals surface area contributed by atoms with Gasteiger partial charge in [0.15, 0.2) is 0 Å². The monoisotopic (exact) mass is 408 g/mol. The lowest BCUT2D eigenvalue weighted by atomic mass is 9.77. The van der Waals surface area contributed by atoms with Crippen molar-refractivity contribution in [1.29, 1.82) is 0 Å². The molecule has 1 aliphatic heterocycles. The van der Waals surface area contributed by atoms with Crippen LogP contribution in [-0.4, -0.2) is 8.80 Å². The van der Waals surface area contributed by atoms with Crippen LogP contribution in [0.1, 0.15) is 89.0 Å². The molecule has 152 valence electrons. The smallest absolute Gasteiger partial charge is 0.142 e. The maximum Gasteiger partial charge on any atom is 0.142 e. The normalized spacial score (nSPS) is 29.0. The summed E-state index contributed by atoms with van der Waals surface area (Å²) in [7, 11) is -0.298. The van der Waals surface area contributed by atoms with Gasteiger partial charge in [0.25, 0.3) is 0 Å². The summed E-state index contributed by atoms with van der Waals surface area (Å²) in [6, 6.07) is 10.3. The van der Waals surface area contributed by atoms with Gasteiger partial charge in [-0.3, -0.25) is 0 Å². The van der Waals surface area contributed by atoms with Gasteiger partial charge in [-0.25, -0.2) is 4.39 Å². The van der Waals surface area contributed by atoms with Crippen LogP contribution in [0, 0.1) is 17.7 Å². The van der Waals surface area contributed by atoms with Gasteiger partial charge >= 0.3 is 0 Å². The molecule has 1 aliphatic carbocycles. The van der Waals surface area contributed by atoms with E-state index in [0.29, 0.717) is 5.92 Å². The van der Waals surface area contributed by atoms with Crippen LogP contribution in [0.15, 0.2) is 18.2 Å². The van der Waals surface area contributed by atoms with Crippen molar-refractivity contribution in [3.8, 4) is 0 Å². The Morgan fingerprint density at radius 1 is 0.963 bits per heavy atom. The molecule has 0 unspecified atom stereocenters. The molecule has 3 rings (SSSR count). The zero-order chi connectivity index (χ0) is 19.1.